The van der Waals surface area contributed by atoms with E-state index in [-0.39, 0.29) is 0 Å². The summed E-state index contributed by atoms with van der Waals surface area (Å²) in [6.07, 6.45) is 3.05. The van der Waals surface area contributed by atoms with Crippen LogP contribution < -0.4 is 4.74 Å². The van der Waals surface area contributed by atoms with Crippen molar-refractivity contribution < 1.29 is 9.84 Å². The lowest BCUT2D eigenvalue weighted by Gasteiger charge is -2.19. The van der Waals surface area contributed by atoms with Crippen molar-refractivity contribution in [1.82, 2.24) is 0 Å². The quantitative estimate of drug-likeness (QED) is 0.645. The lowest BCUT2D eigenvalue weighted by atomic mass is 9.90. The van der Waals surface area contributed by atoms with E-state index < -0.39 is 5.60 Å². The van der Waals surface area contributed by atoms with Crippen LogP contribution in [0.1, 0.15) is 75.6 Å². The molecular weight excluding hydrogens is 332 g/mol. The van der Waals surface area contributed by atoms with Gasteiger partial charge >= 0.3 is 0 Å². The Labute approximate surface area is 165 Å². The largest absolute Gasteiger partial charge is 0.493 e. The smallest absolute Gasteiger partial charge is 0.119 e. The van der Waals surface area contributed by atoms with Crippen molar-refractivity contribution in [3.63, 3.8) is 0 Å². The first-order valence-corrected chi connectivity index (χ1v) is 10.3. The molecule has 0 saturated heterocycles. The predicted octanol–water partition coefficient (Wildman–Crippen LogP) is 6.59. The van der Waals surface area contributed by atoms with Crippen molar-refractivity contribution in [3.8, 4) is 16.9 Å². The van der Waals surface area contributed by atoms with Crippen molar-refractivity contribution in [3.05, 3.63) is 52.6 Å². The molecule has 1 atom stereocenters. The summed E-state index contributed by atoms with van der Waals surface area (Å²) in [6, 6.07) is 11.0. The molecule has 2 nitrogen and oxygen atoms in total. The molecule has 1 unspecified atom stereocenters. The maximum absolute atomic E-state index is 9.83. The number of benzene rings is 2. The Kier molecular flexibility index (Phi) is 7.11. The Bertz CT molecular complexity index is 745. The molecule has 0 radical (unpaired) electrons. The summed E-state index contributed by atoms with van der Waals surface area (Å²) < 4.78 is 5.88. The fraction of sp³-hybridized carbons (Fsp3) is 0.520. The van der Waals surface area contributed by atoms with Gasteiger partial charge in [0.25, 0.3) is 0 Å². The molecule has 2 aromatic rings. The Hall–Kier alpha value is -1.80. The first-order chi connectivity index (χ1) is 12.8. The number of hydrogen-bond donors (Lipinski definition) is 1. The molecule has 1 aliphatic carbocycles. The summed E-state index contributed by atoms with van der Waals surface area (Å²) in [4.78, 5) is 0. The summed E-state index contributed by atoms with van der Waals surface area (Å²) in [5.74, 6) is 1.56. The van der Waals surface area contributed by atoms with E-state index in [1.54, 1.807) is 0 Å². The fourth-order valence-electron chi connectivity index (χ4n) is 3.95. The minimum atomic E-state index is -0.689. The van der Waals surface area contributed by atoms with E-state index >= 15 is 0 Å². The number of aryl methyl sites for hydroxylation is 2. The average molecular weight is 369 g/mol. The molecule has 0 bridgehead atoms. The lowest BCUT2D eigenvalue weighted by Crippen LogP contribution is -2.21. The van der Waals surface area contributed by atoms with E-state index in [2.05, 4.69) is 51.1 Å². The van der Waals surface area contributed by atoms with Gasteiger partial charge in [-0.05, 0) is 92.0 Å². The summed E-state index contributed by atoms with van der Waals surface area (Å²) in [6.45, 7) is 14.8. The highest BCUT2D eigenvalue weighted by Crippen LogP contribution is 2.41. The molecule has 2 heteroatoms. The zero-order valence-corrected chi connectivity index (χ0v) is 18.1. The topological polar surface area (TPSA) is 29.5 Å². The molecular formula is C25H36O2. The van der Waals surface area contributed by atoms with Gasteiger partial charge in [0.15, 0.2) is 0 Å². The monoisotopic (exact) mass is 368 g/mol. The molecule has 0 aromatic heterocycles. The Morgan fingerprint density at radius 2 is 1.74 bits per heavy atom. The number of hydrogen-bond acceptors (Lipinski definition) is 2. The van der Waals surface area contributed by atoms with Crippen LogP contribution in [0.4, 0.5) is 0 Å². The normalized spacial score (nSPS) is 15.8. The molecule has 0 aliphatic heterocycles. The number of aliphatic hydroxyl groups is 1. The fourth-order valence-corrected chi connectivity index (χ4v) is 3.95. The zero-order valence-electron chi connectivity index (χ0n) is 18.1. The maximum Gasteiger partial charge on any atom is 0.119 e. The third-order valence-corrected chi connectivity index (χ3v) is 5.33. The molecule has 2 aromatic carbocycles. The standard InChI is InChI=1S/C23H30O2.C2H6/c1-15-9-10-20-19(15)7-6-8-21(20)22-16(2)13-18(14-17(22)3)25-12-11-23(4,5)24;1-2/h6-8,13-15,24H,9-12H2,1-5H3;1-2H3. The van der Waals surface area contributed by atoms with Crippen molar-refractivity contribution in [2.75, 3.05) is 6.61 Å². The van der Waals surface area contributed by atoms with Gasteiger partial charge in [0, 0.05) is 6.42 Å². The van der Waals surface area contributed by atoms with Gasteiger partial charge in [0.2, 0.25) is 0 Å². The van der Waals surface area contributed by atoms with Crippen molar-refractivity contribution in [2.24, 2.45) is 0 Å². The maximum atomic E-state index is 9.83. The van der Waals surface area contributed by atoms with Gasteiger partial charge in [0.1, 0.15) is 5.75 Å². The molecule has 3 rings (SSSR count). The minimum absolute atomic E-state index is 0.528. The van der Waals surface area contributed by atoms with E-state index in [1.807, 2.05) is 27.7 Å². The van der Waals surface area contributed by atoms with Gasteiger partial charge in [-0.3, -0.25) is 0 Å². The van der Waals surface area contributed by atoms with Gasteiger partial charge in [-0.25, -0.2) is 0 Å². The first-order valence-electron chi connectivity index (χ1n) is 10.3. The lowest BCUT2D eigenvalue weighted by molar-refractivity contribution is 0.0553. The van der Waals surface area contributed by atoms with Crippen LogP contribution in [0.2, 0.25) is 0 Å². The van der Waals surface area contributed by atoms with E-state index in [9.17, 15) is 5.11 Å². The average Bonchev–Trinajstić information content (AvgIpc) is 2.97. The van der Waals surface area contributed by atoms with Gasteiger partial charge in [-0.1, -0.05) is 39.0 Å². The Morgan fingerprint density at radius 3 is 2.33 bits per heavy atom. The number of fused-ring (bicyclic) bond motifs is 1. The molecule has 148 valence electrons. The molecule has 0 saturated carbocycles. The second-order valence-electron chi connectivity index (χ2n) is 8.16. The van der Waals surface area contributed by atoms with Crippen molar-refractivity contribution in [2.45, 2.75) is 79.2 Å². The van der Waals surface area contributed by atoms with Gasteiger partial charge in [0.05, 0.1) is 12.2 Å². The van der Waals surface area contributed by atoms with Crippen LogP contribution in [0.25, 0.3) is 11.1 Å². The second-order valence-corrected chi connectivity index (χ2v) is 8.16. The molecule has 0 amide bonds. The van der Waals surface area contributed by atoms with E-state index in [4.69, 9.17) is 4.74 Å². The van der Waals surface area contributed by atoms with Crippen LogP contribution in [0.5, 0.6) is 5.75 Å². The first kappa shape index (κ1) is 21.5. The summed E-state index contributed by atoms with van der Waals surface area (Å²) in [7, 11) is 0. The zero-order chi connectivity index (χ0) is 20.2. The molecule has 0 spiro atoms. The van der Waals surface area contributed by atoms with Crippen LogP contribution >= 0.6 is 0 Å². The van der Waals surface area contributed by atoms with Gasteiger partial charge < -0.3 is 9.84 Å². The van der Waals surface area contributed by atoms with Crippen LogP contribution in [0.3, 0.4) is 0 Å². The molecule has 0 fully saturated rings. The Morgan fingerprint density at radius 1 is 1.11 bits per heavy atom. The van der Waals surface area contributed by atoms with Crippen LogP contribution in [0.15, 0.2) is 30.3 Å². The summed E-state index contributed by atoms with van der Waals surface area (Å²) >= 11 is 0. The minimum Gasteiger partial charge on any atom is -0.493 e. The summed E-state index contributed by atoms with van der Waals surface area (Å²) in [5, 5.41) is 9.83. The third-order valence-electron chi connectivity index (χ3n) is 5.33. The van der Waals surface area contributed by atoms with Crippen LogP contribution in [-0.4, -0.2) is 17.3 Å². The highest BCUT2D eigenvalue weighted by atomic mass is 16.5. The van der Waals surface area contributed by atoms with Gasteiger partial charge in [-0.15, -0.1) is 0 Å². The molecule has 1 aliphatic rings. The van der Waals surface area contributed by atoms with Crippen LogP contribution in [-0.2, 0) is 6.42 Å². The van der Waals surface area contributed by atoms with Crippen molar-refractivity contribution >= 4 is 0 Å². The second kappa shape index (κ2) is 8.93. The van der Waals surface area contributed by atoms with E-state index in [0.717, 1.165) is 5.75 Å². The SMILES string of the molecule is CC.Cc1cc(OCCC(C)(C)O)cc(C)c1-c1cccc2c1CCC2C. The van der Waals surface area contributed by atoms with E-state index in [0.29, 0.717) is 18.9 Å². The highest BCUT2D eigenvalue weighted by molar-refractivity contribution is 5.76. The molecule has 0 heterocycles. The van der Waals surface area contributed by atoms with Gasteiger partial charge in [-0.2, -0.15) is 0 Å². The Balaban J connectivity index is 0.00000126. The van der Waals surface area contributed by atoms with E-state index in [1.165, 1.54) is 46.2 Å². The predicted molar refractivity (Wildman–Crippen MR) is 116 cm³/mol. The molecule has 1 N–H and O–H groups in total. The third kappa shape index (κ3) is 5.13. The highest BCUT2D eigenvalue weighted by Gasteiger charge is 2.23. The number of ether oxygens (including phenoxy) is 1. The van der Waals surface area contributed by atoms with Crippen molar-refractivity contribution in [1.29, 1.82) is 0 Å². The summed E-state index contributed by atoms with van der Waals surface area (Å²) in [5.41, 5.74) is 7.60. The van der Waals surface area contributed by atoms with Crippen LogP contribution in [0, 0.1) is 13.8 Å². The number of rotatable bonds is 5. The molecule has 27 heavy (non-hydrogen) atoms.